The molecule has 1 saturated heterocycles. The molecular formula is C14H16ClN3O6. The van der Waals surface area contributed by atoms with Gasteiger partial charge in [-0.15, -0.1) is 0 Å². The summed E-state index contributed by atoms with van der Waals surface area (Å²) in [7, 11) is 1.30. The van der Waals surface area contributed by atoms with Crippen molar-refractivity contribution in [2.24, 2.45) is 0 Å². The van der Waals surface area contributed by atoms with Gasteiger partial charge >= 0.3 is 6.09 Å². The molecule has 1 aliphatic heterocycles. The minimum absolute atomic E-state index is 0.0337. The van der Waals surface area contributed by atoms with Gasteiger partial charge in [0.1, 0.15) is 5.75 Å². The number of hydrogen-bond donors (Lipinski definition) is 2. The van der Waals surface area contributed by atoms with Crippen molar-refractivity contribution in [3.63, 3.8) is 0 Å². The van der Waals surface area contributed by atoms with Gasteiger partial charge < -0.3 is 20.1 Å². The molecule has 1 fully saturated rings. The first-order valence-corrected chi connectivity index (χ1v) is 7.52. The Balaban J connectivity index is 2.27. The Hall–Kier alpha value is -2.55. The molecule has 0 aromatic heterocycles. The zero-order chi connectivity index (χ0) is 17.9. The maximum atomic E-state index is 12.6. The van der Waals surface area contributed by atoms with Crippen molar-refractivity contribution in [2.45, 2.75) is 18.9 Å². The van der Waals surface area contributed by atoms with Crippen LogP contribution in [-0.2, 0) is 0 Å². The zero-order valence-corrected chi connectivity index (χ0v) is 13.6. The Bertz CT molecular complexity index is 681. The topological polar surface area (TPSA) is 122 Å². The number of amides is 2. The molecule has 9 nitrogen and oxygen atoms in total. The highest BCUT2D eigenvalue weighted by Crippen LogP contribution is 2.35. The smallest absolute Gasteiger partial charge is 0.404 e. The van der Waals surface area contributed by atoms with Crippen LogP contribution >= 0.6 is 11.6 Å². The molecule has 0 aliphatic carbocycles. The number of carbonyl (C=O) groups is 2. The molecule has 2 rings (SSSR count). The average molecular weight is 358 g/mol. The van der Waals surface area contributed by atoms with Gasteiger partial charge in [0.25, 0.3) is 11.6 Å². The lowest BCUT2D eigenvalue weighted by atomic mass is 10.0. The summed E-state index contributed by atoms with van der Waals surface area (Å²) in [5, 5.41) is 22.0. The number of nitro benzene ring substituents is 1. The first-order chi connectivity index (χ1) is 11.3. The highest BCUT2D eigenvalue weighted by molar-refractivity contribution is 6.34. The highest BCUT2D eigenvalue weighted by atomic mass is 35.5. The average Bonchev–Trinajstić information content (AvgIpc) is 2.53. The van der Waals surface area contributed by atoms with Crippen LogP contribution in [-0.4, -0.2) is 53.2 Å². The number of hydrogen-bond acceptors (Lipinski definition) is 5. The van der Waals surface area contributed by atoms with Crippen molar-refractivity contribution in [2.75, 3.05) is 20.2 Å². The molecule has 0 radical (unpaired) electrons. The van der Waals surface area contributed by atoms with Crippen molar-refractivity contribution < 1.29 is 24.4 Å². The number of halogens is 1. The van der Waals surface area contributed by atoms with E-state index in [-0.39, 0.29) is 28.9 Å². The summed E-state index contributed by atoms with van der Waals surface area (Å²) in [6.07, 6.45) is 0.0991. The number of methoxy groups -OCH3 is 1. The Labute approximate surface area is 142 Å². The molecule has 24 heavy (non-hydrogen) atoms. The summed E-state index contributed by atoms with van der Waals surface area (Å²) >= 11 is 5.88. The number of likely N-dealkylation sites (tertiary alicyclic amines) is 1. The van der Waals surface area contributed by atoms with Gasteiger partial charge in [0.2, 0.25) is 0 Å². The van der Waals surface area contributed by atoms with Crippen LogP contribution in [0.5, 0.6) is 5.75 Å². The zero-order valence-electron chi connectivity index (χ0n) is 12.8. The lowest BCUT2D eigenvalue weighted by molar-refractivity contribution is -0.384. The summed E-state index contributed by atoms with van der Waals surface area (Å²) in [5.74, 6) is -0.406. The SMILES string of the molecule is COc1cc(C(=O)N2CCCC(NC(=O)O)C2)cc([N+](=O)[O-])c1Cl. The molecule has 2 amide bonds. The summed E-state index contributed by atoms with van der Waals surface area (Å²) in [6, 6.07) is 2.07. The Morgan fingerprint density at radius 1 is 1.50 bits per heavy atom. The normalized spacial score (nSPS) is 17.2. The van der Waals surface area contributed by atoms with Crippen molar-refractivity contribution in [1.82, 2.24) is 10.2 Å². The lowest BCUT2D eigenvalue weighted by Crippen LogP contribution is -2.49. The summed E-state index contributed by atoms with van der Waals surface area (Å²) in [5.41, 5.74) is -0.351. The van der Waals surface area contributed by atoms with Gasteiger partial charge in [-0.25, -0.2) is 4.79 Å². The van der Waals surface area contributed by atoms with E-state index >= 15 is 0 Å². The first kappa shape index (κ1) is 17.8. The van der Waals surface area contributed by atoms with E-state index in [1.807, 2.05) is 0 Å². The van der Waals surface area contributed by atoms with Crippen LogP contribution in [0.3, 0.4) is 0 Å². The number of ether oxygens (including phenoxy) is 1. The van der Waals surface area contributed by atoms with E-state index in [0.29, 0.717) is 19.4 Å². The quantitative estimate of drug-likeness (QED) is 0.628. The van der Waals surface area contributed by atoms with E-state index in [0.717, 1.165) is 6.07 Å². The van der Waals surface area contributed by atoms with Gasteiger partial charge in [-0.3, -0.25) is 14.9 Å². The van der Waals surface area contributed by atoms with Gasteiger partial charge in [0.05, 0.1) is 17.6 Å². The summed E-state index contributed by atoms with van der Waals surface area (Å²) in [4.78, 5) is 35.2. The third kappa shape index (κ3) is 3.85. The van der Waals surface area contributed by atoms with Gasteiger partial charge in [-0.1, -0.05) is 11.6 Å². The van der Waals surface area contributed by atoms with E-state index in [4.69, 9.17) is 21.4 Å². The fourth-order valence-electron chi connectivity index (χ4n) is 2.62. The third-order valence-electron chi connectivity index (χ3n) is 3.72. The number of carboxylic acid groups (broad SMARTS) is 1. The maximum absolute atomic E-state index is 12.6. The molecule has 1 aromatic rings. The largest absolute Gasteiger partial charge is 0.495 e. The van der Waals surface area contributed by atoms with Crippen molar-refractivity contribution in [3.8, 4) is 5.75 Å². The first-order valence-electron chi connectivity index (χ1n) is 7.14. The molecule has 10 heteroatoms. The number of piperidine rings is 1. The minimum atomic E-state index is -1.15. The van der Waals surface area contributed by atoms with Crippen LogP contribution in [0.15, 0.2) is 12.1 Å². The molecule has 1 atom stereocenters. The second-order valence-corrected chi connectivity index (χ2v) is 5.69. The number of benzene rings is 1. The predicted molar refractivity (Wildman–Crippen MR) is 84.7 cm³/mol. The summed E-state index contributed by atoms with van der Waals surface area (Å²) < 4.78 is 4.99. The molecule has 1 heterocycles. The number of rotatable bonds is 4. The molecule has 1 aromatic carbocycles. The summed E-state index contributed by atoms with van der Waals surface area (Å²) in [6.45, 7) is 0.638. The van der Waals surface area contributed by atoms with E-state index in [9.17, 15) is 19.7 Å². The highest BCUT2D eigenvalue weighted by Gasteiger charge is 2.28. The van der Waals surface area contributed by atoms with Gasteiger partial charge in [-0.2, -0.15) is 0 Å². The van der Waals surface area contributed by atoms with Crippen LogP contribution in [0.25, 0.3) is 0 Å². The Morgan fingerprint density at radius 3 is 2.79 bits per heavy atom. The van der Waals surface area contributed by atoms with Crippen LogP contribution in [0.2, 0.25) is 5.02 Å². The fourth-order valence-corrected chi connectivity index (χ4v) is 2.88. The monoisotopic (exact) mass is 357 g/mol. The van der Waals surface area contributed by atoms with Crippen molar-refractivity contribution in [1.29, 1.82) is 0 Å². The maximum Gasteiger partial charge on any atom is 0.404 e. The third-order valence-corrected chi connectivity index (χ3v) is 4.10. The standard InChI is InChI=1S/C14H16ClN3O6/c1-24-11-6-8(5-10(12(11)15)18(22)23)13(19)17-4-2-3-9(7-17)16-14(20)21/h5-6,9,16H,2-4,7H2,1H3,(H,20,21). The number of nitrogens with one attached hydrogen (secondary N) is 1. The van der Waals surface area contributed by atoms with E-state index in [1.54, 1.807) is 0 Å². The van der Waals surface area contributed by atoms with Crippen LogP contribution in [0.4, 0.5) is 10.5 Å². The second-order valence-electron chi connectivity index (χ2n) is 5.31. The second kappa shape index (κ2) is 7.35. The van der Waals surface area contributed by atoms with Crippen molar-refractivity contribution >= 4 is 29.3 Å². The lowest BCUT2D eigenvalue weighted by Gasteiger charge is -2.32. The number of nitro groups is 1. The van der Waals surface area contributed by atoms with Crippen molar-refractivity contribution in [3.05, 3.63) is 32.8 Å². The van der Waals surface area contributed by atoms with Crippen LogP contribution in [0, 0.1) is 10.1 Å². The van der Waals surface area contributed by atoms with E-state index in [1.165, 1.54) is 18.1 Å². The van der Waals surface area contributed by atoms with Crippen LogP contribution in [0.1, 0.15) is 23.2 Å². The van der Waals surface area contributed by atoms with Crippen LogP contribution < -0.4 is 10.1 Å². The molecule has 130 valence electrons. The molecule has 0 spiro atoms. The molecule has 1 aliphatic rings. The molecule has 0 bridgehead atoms. The number of nitrogens with zero attached hydrogens (tertiary/aromatic N) is 2. The fraction of sp³-hybridized carbons (Fsp3) is 0.429. The molecule has 0 saturated carbocycles. The van der Waals surface area contributed by atoms with E-state index < -0.39 is 22.6 Å². The predicted octanol–water partition coefficient (Wildman–Crippen LogP) is 2.13. The molecular weight excluding hydrogens is 342 g/mol. The van der Waals surface area contributed by atoms with Gasteiger partial charge in [0, 0.05) is 25.2 Å². The Kier molecular flexibility index (Phi) is 5.45. The Morgan fingerprint density at radius 2 is 2.21 bits per heavy atom. The van der Waals surface area contributed by atoms with Gasteiger partial charge in [-0.05, 0) is 18.9 Å². The minimum Gasteiger partial charge on any atom is -0.495 e. The molecule has 2 N–H and O–H groups in total. The van der Waals surface area contributed by atoms with E-state index in [2.05, 4.69) is 5.32 Å². The van der Waals surface area contributed by atoms with Gasteiger partial charge in [0.15, 0.2) is 5.02 Å². The number of carbonyl (C=O) groups excluding carboxylic acids is 1. The molecule has 1 unspecified atom stereocenters.